The first-order valence-electron chi connectivity index (χ1n) is 8.01. The van der Waals surface area contributed by atoms with Gasteiger partial charge in [-0.25, -0.2) is 4.98 Å². The highest BCUT2D eigenvalue weighted by Crippen LogP contribution is 2.15. The minimum Gasteiger partial charge on any atom is -0.337 e. The fourth-order valence-corrected chi connectivity index (χ4v) is 2.37. The number of unbranched alkanes of at least 4 members (excludes halogenated alkanes) is 1. The third kappa shape index (κ3) is 6.76. The van der Waals surface area contributed by atoms with Crippen LogP contribution in [0, 0.1) is 5.92 Å². The van der Waals surface area contributed by atoms with Gasteiger partial charge in [0, 0.05) is 25.7 Å². The van der Waals surface area contributed by atoms with Gasteiger partial charge >= 0.3 is 0 Å². The van der Waals surface area contributed by atoms with E-state index >= 15 is 0 Å². The first kappa shape index (κ1) is 16.2. The van der Waals surface area contributed by atoms with E-state index in [0.29, 0.717) is 0 Å². The summed E-state index contributed by atoms with van der Waals surface area (Å²) in [5.74, 6) is 0.806. The van der Waals surface area contributed by atoms with Crippen LogP contribution < -0.4 is 5.32 Å². The Labute approximate surface area is 118 Å². The molecular weight excluding hydrogens is 234 g/mol. The molecule has 0 spiro atoms. The average molecular weight is 265 g/mol. The Morgan fingerprint density at radius 3 is 2.74 bits per heavy atom. The molecule has 19 heavy (non-hydrogen) atoms. The molecule has 0 aliphatic rings. The molecule has 110 valence electrons. The molecule has 0 fully saturated rings. The molecule has 1 rings (SSSR count). The summed E-state index contributed by atoms with van der Waals surface area (Å²) in [6.07, 6.45) is 11.7. The first-order chi connectivity index (χ1) is 9.30. The molecule has 3 nitrogen and oxygen atoms in total. The Bertz CT molecular complexity index is 320. The molecule has 3 heteroatoms. The number of nitrogens with one attached hydrogen (secondary N) is 1. The van der Waals surface area contributed by atoms with Gasteiger partial charge in [-0.15, -0.1) is 0 Å². The number of nitrogens with zero attached hydrogens (tertiary/aromatic N) is 2. The summed E-state index contributed by atoms with van der Waals surface area (Å²) in [7, 11) is 0. The zero-order valence-electron chi connectivity index (χ0n) is 13.0. The molecule has 0 aliphatic heterocycles. The second-order valence-electron chi connectivity index (χ2n) is 5.48. The van der Waals surface area contributed by atoms with Crippen LogP contribution in [0.25, 0.3) is 0 Å². The number of rotatable bonds is 11. The monoisotopic (exact) mass is 265 g/mol. The van der Waals surface area contributed by atoms with Gasteiger partial charge in [-0.2, -0.15) is 0 Å². The zero-order valence-corrected chi connectivity index (χ0v) is 13.0. The average Bonchev–Trinajstić information content (AvgIpc) is 2.87. The molecule has 1 unspecified atom stereocenters. The zero-order chi connectivity index (χ0) is 13.9. The largest absolute Gasteiger partial charge is 0.337 e. The van der Waals surface area contributed by atoms with Crippen LogP contribution in [-0.2, 0) is 13.0 Å². The van der Waals surface area contributed by atoms with Crippen molar-refractivity contribution in [1.29, 1.82) is 0 Å². The van der Waals surface area contributed by atoms with Crippen molar-refractivity contribution in [2.75, 3.05) is 13.1 Å². The number of imidazole rings is 1. The third-order valence-corrected chi connectivity index (χ3v) is 3.68. The third-order valence-electron chi connectivity index (χ3n) is 3.68. The van der Waals surface area contributed by atoms with Crippen molar-refractivity contribution in [3.05, 3.63) is 18.2 Å². The van der Waals surface area contributed by atoms with E-state index in [4.69, 9.17) is 0 Å². The second-order valence-corrected chi connectivity index (χ2v) is 5.48. The van der Waals surface area contributed by atoms with Crippen molar-refractivity contribution in [3.8, 4) is 0 Å². The van der Waals surface area contributed by atoms with Gasteiger partial charge in [0.25, 0.3) is 0 Å². The Morgan fingerprint density at radius 1 is 1.21 bits per heavy atom. The summed E-state index contributed by atoms with van der Waals surface area (Å²) in [6.45, 7) is 10.0. The van der Waals surface area contributed by atoms with Crippen molar-refractivity contribution in [2.45, 2.75) is 65.8 Å². The molecule has 0 bridgehead atoms. The van der Waals surface area contributed by atoms with E-state index in [1.54, 1.807) is 0 Å². The SMILES string of the molecule is CCCCC(CC)Cn1cnc(CCNCCC)c1. The van der Waals surface area contributed by atoms with Crippen LogP contribution >= 0.6 is 0 Å². The summed E-state index contributed by atoms with van der Waals surface area (Å²) in [6, 6.07) is 0. The topological polar surface area (TPSA) is 29.9 Å². The first-order valence-corrected chi connectivity index (χ1v) is 8.01. The predicted molar refractivity (Wildman–Crippen MR) is 82.4 cm³/mol. The van der Waals surface area contributed by atoms with E-state index in [-0.39, 0.29) is 0 Å². The maximum Gasteiger partial charge on any atom is 0.0949 e. The number of aromatic nitrogens is 2. The van der Waals surface area contributed by atoms with Crippen LogP contribution in [-0.4, -0.2) is 22.6 Å². The lowest BCUT2D eigenvalue weighted by atomic mass is 9.99. The van der Waals surface area contributed by atoms with Crippen LogP contribution in [0.5, 0.6) is 0 Å². The summed E-state index contributed by atoms with van der Waals surface area (Å²) in [5.41, 5.74) is 1.22. The highest BCUT2D eigenvalue weighted by Gasteiger charge is 2.07. The summed E-state index contributed by atoms with van der Waals surface area (Å²) >= 11 is 0. The van der Waals surface area contributed by atoms with E-state index in [0.717, 1.165) is 32.0 Å². The van der Waals surface area contributed by atoms with Gasteiger partial charge in [0.2, 0.25) is 0 Å². The van der Waals surface area contributed by atoms with Crippen LogP contribution in [0.3, 0.4) is 0 Å². The second kappa shape index (κ2) is 10.0. The van der Waals surface area contributed by atoms with Gasteiger partial charge in [-0.05, 0) is 25.3 Å². The fourth-order valence-electron chi connectivity index (χ4n) is 2.37. The smallest absolute Gasteiger partial charge is 0.0949 e. The molecule has 0 aliphatic carbocycles. The van der Waals surface area contributed by atoms with Crippen molar-refractivity contribution in [1.82, 2.24) is 14.9 Å². The van der Waals surface area contributed by atoms with Crippen LogP contribution in [0.4, 0.5) is 0 Å². The lowest BCUT2D eigenvalue weighted by molar-refractivity contribution is 0.390. The van der Waals surface area contributed by atoms with Crippen molar-refractivity contribution < 1.29 is 0 Å². The number of hydrogen-bond acceptors (Lipinski definition) is 2. The van der Waals surface area contributed by atoms with Gasteiger partial charge in [0.05, 0.1) is 12.0 Å². The predicted octanol–water partition coefficient (Wildman–Crippen LogP) is 3.64. The van der Waals surface area contributed by atoms with Crippen LogP contribution in [0.1, 0.15) is 58.6 Å². The van der Waals surface area contributed by atoms with Crippen molar-refractivity contribution in [2.24, 2.45) is 5.92 Å². The highest BCUT2D eigenvalue weighted by molar-refractivity contribution is 4.97. The molecule has 0 amide bonds. The fraction of sp³-hybridized carbons (Fsp3) is 0.812. The van der Waals surface area contributed by atoms with Gasteiger partial charge in [-0.1, -0.05) is 40.0 Å². The molecule has 0 aromatic carbocycles. The minimum atomic E-state index is 0.806. The Kier molecular flexibility index (Phi) is 8.55. The van der Waals surface area contributed by atoms with E-state index in [9.17, 15) is 0 Å². The lowest BCUT2D eigenvalue weighted by Crippen LogP contribution is -2.17. The van der Waals surface area contributed by atoms with Crippen LogP contribution in [0.15, 0.2) is 12.5 Å². The Balaban J connectivity index is 2.32. The minimum absolute atomic E-state index is 0.806. The van der Waals surface area contributed by atoms with E-state index in [2.05, 4.69) is 41.8 Å². The van der Waals surface area contributed by atoms with Crippen molar-refractivity contribution in [3.63, 3.8) is 0 Å². The maximum atomic E-state index is 4.50. The van der Waals surface area contributed by atoms with Crippen LogP contribution in [0.2, 0.25) is 0 Å². The molecule has 1 atom stereocenters. The molecule has 1 heterocycles. The molecular formula is C16H31N3. The highest BCUT2D eigenvalue weighted by atomic mass is 15.0. The molecule has 1 aromatic heterocycles. The molecule has 0 radical (unpaired) electrons. The van der Waals surface area contributed by atoms with Crippen molar-refractivity contribution >= 4 is 0 Å². The van der Waals surface area contributed by atoms with E-state index < -0.39 is 0 Å². The van der Waals surface area contributed by atoms with Gasteiger partial charge in [-0.3, -0.25) is 0 Å². The Morgan fingerprint density at radius 2 is 2.05 bits per heavy atom. The van der Waals surface area contributed by atoms with E-state index in [1.165, 1.54) is 37.8 Å². The quantitative estimate of drug-likeness (QED) is 0.619. The standard InChI is InChI=1S/C16H31N3/c1-4-7-8-15(6-3)12-19-13-16(18-14-19)9-11-17-10-5-2/h13-15,17H,4-12H2,1-3H3. The molecule has 0 saturated heterocycles. The van der Waals surface area contributed by atoms with Gasteiger partial charge in [0.1, 0.15) is 0 Å². The normalized spacial score (nSPS) is 12.8. The summed E-state index contributed by atoms with van der Waals surface area (Å²) in [4.78, 5) is 4.50. The van der Waals surface area contributed by atoms with Gasteiger partial charge in [0.15, 0.2) is 0 Å². The number of hydrogen-bond donors (Lipinski definition) is 1. The van der Waals surface area contributed by atoms with E-state index in [1.807, 2.05) is 6.33 Å². The maximum absolute atomic E-state index is 4.50. The summed E-state index contributed by atoms with van der Waals surface area (Å²) < 4.78 is 2.28. The Hall–Kier alpha value is -0.830. The van der Waals surface area contributed by atoms with Gasteiger partial charge < -0.3 is 9.88 Å². The summed E-state index contributed by atoms with van der Waals surface area (Å²) in [5, 5.41) is 3.42. The lowest BCUT2D eigenvalue weighted by Gasteiger charge is -2.14. The molecule has 0 saturated carbocycles. The molecule has 1 N–H and O–H groups in total. The molecule has 1 aromatic rings.